The summed E-state index contributed by atoms with van der Waals surface area (Å²) in [6.07, 6.45) is 12.4. The third kappa shape index (κ3) is 8.93. The van der Waals surface area contributed by atoms with Gasteiger partial charge in [-0.3, -0.25) is 0 Å². The van der Waals surface area contributed by atoms with Crippen molar-refractivity contribution in [3.05, 3.63) is 35.9 Å². The van der Waals surface area contributed by atoms with Crippen LogP contribution in [0.25, 0.3) is 0 Å². The molecule has 0 aromatic heterocycles. The van der Waals surface area contributed by atoms with Crippen molar-refractivity contribution in [1.82, 2.24) is 0 Å². The smallest absolute Gasteiger partial charge is 0.0546 e. The van der Waals surface area contributed by atoms with Crippen molar-refractivity contribution in [2.24, 2.45) is 0 Å². The van der Waals surface area contributed by atoms with Crippen molar-refractivity contribution in [2.45, 2.75) is 90.1 Å². The van der Waals surface area contributed by atoms with Crippen molar-refractivity contribution in [3.8, 4) is 0 Å². The van der Waals surface area contributed by atoms with Crippen LogP contribution in [0.1, 0.15) is 89.5 Å². The molecule has 120 valence electrons. The molecule has 1 heteroatoms. The molecule has 0 aliphatic heterocycles. The quantitative estimate of drug-likeness (QED) is 0.463. The number of hydrogen-bond donors (Lipinski definition) is 1. The molecule has 0 heterocycles. The molecular formula is C20H34O. The van der Waals surface area contributed by atoms with Gasteiger partial charge in [-0.25, -0.2) is 0 Å². The summed E-state index contributed by atoms with van der Waals surface area (Å²) in [5.74, 6) is 0.454. The van der Waals surface area contributed by atoms with Gasteiger partial charge in [-0.2, -0.15) is 0 Å². The monoisotopic (exact) mass is 290 g/mol. The second-order valence-corrected chi connectivity index (χ2v) is 6.46. The van der Waals surface area contributed by atoms with Crippen LogP contribution < -0.4 is 0 Å². The van der Waals surface area contributed by atoms with Crippen molar-refractivity contribution < 1.29 is 5.11 Å². The van der Waals surface area contributed by atoms with Crippen LogP contribution in [0.4, 0.5) is 0 Å². The molecule has 21 heavy (non-hydrogen) atoms. The van der Waals surface area contributed by atoms with Crippen molar-refractivity contribution >= 4 is 0 Å². The summed E-state index contributed by atoms with van der Waals surface area (Å²) in [5, 5.41) is 10.2. The molecule has 1 aromatic carbocycles. The van der Waals surface area contributed by atoms with E-state index in [1.54, 1.807) is 0 Å². The predicted molar refractivity (Wildman–Crippen MR) is 92.7 cm³/mol. The van der Waals surface area contributed by atoms with E-state index in [0.29, 0.717) is 5.92 Å². The van der Waals surface area contributed by atoms with E-state index in [0.717, 1.165) is 12.8 Å². The Morgan fingerprint density at radius 1 is 0.857 bits per heavy atom. The highest BCUT2D eigenvalue weighted by atomic mass is 16.3. The van der Waals surface area contributed by atoms with E-state index in [4.69, 9.17) is 0 Å². The third-order valence-electron chi connectivity index (χ3n) is 4.39. The minimum absolute atomic E-state index is 0.139. The Morgan fingerprint density at radius 3 is 2.05 bits per heavy atom. The van der Waals surface area contributed by atoms with Crippen LogP contribution in [-0.2, 0) is 0 Å². The summed E-state index contributed by atoms with van der Waals surface area (Å²) >= 11 is 0. The van der Waals surface area contributed by atoms with E-state index < -0.39 is 0 Å². The zero-order valence-electron chi connectivity index (χ0n) is 14.1. The first-order valence-corrected chi connectivity index (χ1v) is 8.97. The molecule has 0 saturated heterocycles. The Bertz CT molecular complexity index is 333. The molecule has 0 bridgehead atoms. The average Bonchev–Trinajstić information content (AvgIpc) is 2.50. The van der Waals surface area contributed by atoms with E-state index >= 15 is 0 Å². The number of aliphatic hydroxyl groups is 1. The fraction of sp³-hybridized carbons (Fsp3) is 0.700. The third-order valence-corrected chi connectivity index (χ3v) is 4.39. The first-order valence-electron chi connectivity index (χ1n) is 8.97. The summed E-state index contributed by atoms with van der Waals surface area (Å²) in [6, 6.07) is 10.5. The first kappa shape index (κ1) is 18.2. The standard InChI is InChI=1S/C20H34O/c1-3-4-5-6-7-8-9-13-16-20(21)17-18(2)19-14-11-10-12-15-19/h10-12,14-15,18,20-21H,3-9,13,16-17H2,1-2H3. The number of hydrogen-bond acceptors (Lipinski definition) is 1. The van der Waals surface area contributed by atoms with Gasteiger partial charge in [-0.15, -0.1) is 0 Å². The zero-order valence-corrected chi connectivity index (χ0v) is 14.1. The van der Waals surface area contributed by atoms with Gasteiger partial charge < -0.3 is 5.11 Å². The van der Waals surface area contributed by atoms with Crippen molar-refractivity contribution in [2.75, 3.05) is 0 Å². The highest BCUT2D eigenvalue weighted by Crippen LogP contribution is 2.22. The maximum absolute atomic E-state index is 10.2. The Labute approximate surface area is 131 Å². The topological polar surface area (TPSA) is 20.2 Å². The van der Waals surface area contributed by atoms with Gasteiger partial charge in [0, 0.05) is 0 Å². The highest BCUT2D eigenvalue weighted by Gasteiger charge is 2.11. The minimum Gasteiger partial charge on any atom is -0.393 e. The normalized spacial score (nSPS) is 14.0. The molecule has 1 N–H and O–H groups in total. The van der Waals surface area contributed by atoms with Crippen LogP contribution in [0, 0.1) is 0 Å². The molecule has 0 fully saturated rings. The summed E-state index contributed by atoms with van der Waals surface area (Å²) < 4.78 is 0. The van der Waals surface area contributed by atoms with Crippen molar-refractivity contribution in [3.63, 3.8) is 0 Å². The van der Waals surface area contributed by atoms with Crippen LogP contribution >= 0.6 is 0 Å². The molecule has 0 saturated carbocycles. The fourth-order valence-electron chi connectivity index (χ4n) is 2.96. The summed E-state index contributed by atoms with van der Waals surface area (Å²) in [5.41, 5.74) is 1.34. The van der Waals surface area contributed by atoms with E-state index in [9.17, 15) is 5.11 Å². The lowest BCUT2D eigenvalue weighted by Crippen LogP contribution is -2.10. The lowest BCUT2D eigenvalue weighted by molar-refractivity contribution is 0.143. The highest BCUT2D eigenvalue weighted by molar-refractivity contribution is 5.18. The molecule has 1 rings (SSSR count). The number of aliphatic hydroxyl groups excluding tert-OH is 1. The molecule has 1 nitrogen and oxygen atoms in total. The molecule has 0 radical (unpaired) electrons. The molecule has 1 aromatic rings. The lowest BCUT2D eigenvalue weighted by atomic mass is 9.93. The largest absolute Gasteiger partial charge is 0.393 e. The van der Waals surface area contributed by atoms with Gasteiger partial charge in [0.2, 0.25) is 0 Å². The van der Waals surface area contributed by atoms with Crippen molar-refractivity contribution in [1.29, 1.82) is 0 Å². The maximum atomic E-state index is 10.2. The zero-order chi connectivity index (χ0) is 15.3. The Morgan fingerprint density at radius 2 is 1.43 bits per heavy atom. The van der Waals surface area contributed by atoms with Crippen LogP contribution in [0.15, 0.2) is 30.3 Å². The van der Waals surface area contributed by atoms with Gasteiger partial charge in [0.05, 0.1) is 6.10 Å². The van der Waals surface area contributed by atoms with E-state index in [1.807, 2.05) is 6.07 Å². The average molecular weight is 290 g/mol. The Kier molecular flexibility index (Phi) is 10.2. The summed E-state index contributed by atoms with van der Waals surface area (Å²) in [4.78, 5) is 0. The molecule has 0 spiro atoms. The van der Waals surface area contributed by atoms with Gasteiger partial charge in [0.25, 0.3) is 0 Å². The summed E-state index contributed by atoms with van der Waals surface area (Å²) in [6.45, 7) is 4.48. The van der Waals surface area contributed by atoms with Gasteiger partial charge in [0.15, 0.2) is 0 Å². The van der Waals surface area contributed by atoms with Gasteiger partial charge in [0.1, 0.15) is 0 Å². The van der Waals surface area contributed by atoms with Gasteiger partial charge in [-0.05, 0) is 24.3 Å². The SMILES string of the molecule is CCCCCCCCCCC(O)CC(C)c1ccccc1. The van der Waals surface area contributed by atoms with Gasteiger partial charge in [-0.1, -0.05) is 95.5 Å². The first-order chi connectivity index (χ1) is 10.2. The van der Waals surface area contributed by atoms with Crippen LogP contribution in [-0.4, -0.2) is 11.2 Å². The van der Waals surface area contributed by atoms with Crippen LogP contribution in [0.2, 0.25) is 0 Å². The number of benzene rings is 1. The van der Waals surface area contributed by atoms with E-state index in [-0.39, 0.29) is 6.10 Å². The predicted octanol–water partition coefficient (Wildman–Crippen LogP) is 6.07. The lowest BCUT2D eigenvalue weighted by Gasteiger charge is -2.16. The second-order valence-electron chi connectivity index (χ2n) is 6.46. The fourth-order valence-corrected chi connectivity index (χ4v) is 2.96. The molecule has 0 aliphatic rings. The second kappa shape index (κ2) is 11.8. The number of rotatable bonds is 12. The molecule has 0 amide bonds. The molecular weight excluding hydrogens is 256 g/mol. The minimum atomic E-state index is -0.139. The Balaban J connectivity index is 2.02. The Hall–Kier alpha value is -0.820. The van der Waals surface area contributed by atoms with E-state index in [1.165, 1.54) is 56.9 Å². The summed E-state index contributed by atoms with van der Waals surface area (Å²) in [7, 11) is 0. The number of unbranched alkanes of at least 4 members (excludes halogenated alkanes) is 7. The molecule has 2 unspecified atom stereocenters. The van der Waals surface area contributed by atoms with Gasteiger partial charge >= 0.3 is 0 Å². The molecule has 0 aliphatic carbocycles. The molecule has 2 atom stereocenters. The van der Waals surface area contributed by atoms with Crippen LogP contribution in [0.3, 0.4) is 0 Å². The maximum Gasteiger partial charge on any atom is 0.0546 e. The van der Waals surface area contributed by atoms with E-state index in [2.05, 4.69) is 38.1 Å². The van der Waals surface area contributed by atoms with Crippen LogP contribution in [0.5, 0.6) is 0 Å².